The molecular weight excluding hydrogens is 242 g/mol. The van der Waals surface area contributed by atoms with Gasteiger partial charge in [0.25, 0.3) is 5.56 Å². The highest BCUT2D eigenvalue weighted by atomic mass is 19.2. The van der Waals surface area contributed by atoms with Crippen LogP contribution in [-0.4, -0.2) is 20.2 Å². The first-order valence-electron chi connectivity index (χ1n) is 5.03. The highest BCUT2D eigenvalue weighted by Gasteiger charge is 2.10. The topological polar surface area (TPSA) is 74.4 Å². The van der Waals surface area contributed by atoms with Crippen molar-refractivity contribution in [2.24, 2.45) is 0 Å². The van der Waals surface area contributed by atoms with E-state index in [0.717, 1.165) is 12.1 Å². The van der Waals surface area contributed by atoms with Crippen molar-refractivity contribution in [3.8, 4) is 11.4 Å². The number of nitrogens with one attached hydrogen (secondary N) is 2. The zero-order valence-corrected chi connectivity index (χ0v) is 8.87. The van der Waals surface area contributed by atoms with Crippen LogP contribution < -0.4 is 5.56 Å². The number of halogens is 2. The maximum absolute atomic E-state index is 13.1. The zero-order chi connectivity index (χ0) is 12.7. The third-order valence-corrected chi connectivity index (χ3v) is 2.52. The Balaban J connectivity index is 2.34. The maximum atomic E-state index is 13.1. The van der Waals surface area contributed by atoms with E-state index in [0.29, 0.717) is 5.56 Å². The molecule has 0 bridgehead atoms. The van der Waals surface area contributed by atoms with E-state index in [4.69, 9.17) is 0 Å². The molecule has 0 radical (unpaired) electrons. The van der Waals surface area contributed by atoms with Crippen molar-refractivity contribution >= 4 is 10.9 Å². The molecule has 1 aromatic carbocycles. The van der Waals surface area contributed by atoms with Gasteiger partial charge in [0.05, 0.1) is 22.7 Å². The third-order valence-electron chi connectivity index (χ3n) is 2.52. The number of hydrogen-bond acceptors (Lipinski definition) is 3. The Morgan fingerprint density at radius 2 is 1.94 bits per heavy atom. The van der Waals surface area contributed by atoms with Crippen molar-refractivity contribution in [3.05, 3.63) is 46.5 Å². The molecule has 0 fully saturated rings. The minimum absolute atomic E-state index is 0.00106. The van der Waals surface area contributed by atoms with Gasteiger partial charge in [0.1, 0.15) is 5.82 Å². The Morgan fingerprint density at radius 1 is 1.17 bits per heavy atom. The summed E-state index contributed by atoms with van der Waals surface area (Å²) in [6.07, 6.45) is 2.99. The molecule has 0 aliphatic rings. The first kappa shape index (κ1) is 10.6. The van der Waals surface area contributed by atoms with Gasteiger partial charge < -0.3 is 4.98 Å². The van der Waals surface area contributed by atoms with Crippen LogP contribution in [0.4, 0.5) is 8.78 Å². The molecule has 0 saturated carbocycles. The van der Waals surface area contributed by atoms with Crippen molar-refractivity contribution in [3.63, 3.8) is 0 Å². The fourth-order valence-corrected chi connectivity index (χ4v) is 1.65. The Bertz CT molecular complexity index is 780. The Labute approximate surface area is 98.5 Å². The van der Waals surface area contributed by atoms with E-state index < -0.39 is 17.2 Å². The Hall–Kier alpha value is -2.57. The van der Waals surface area contributed by atoms with Crippen molar-refractivity contribution in [1.82, 2.24) is 20.2 Å². The first-order chi connectivity index (χ1) is 8.65. The summed E-state index contributed by atoms with van der Waals surface area (Å²) in [5, 5.41) is 6.29. The summed E-state index contributed by atoms with van der Waals surface area (Å²) >= 11 is 0. The molecule has 7 heteroatoms. The van der Waals surface area contributed by atoms with Crippen molar-refractivity contribution in [2.75, 3.05) is 0 Å². The quantitative estimate of drug-likeness (QED) is 0.686. The van der Waals surface area contributed by atoms with Gasteiger partial charge in [0, 0.05) is 12.3 Å². The third kappa shape index (κ3) is 1.56. The van der Waals surface area contributed by atoms with E-state index in [1.807, 2.05) is 0 Å². The molecule has 0 amide bonds. The van der Waals surface area contributed by atoms with E-state index in [1.165, 1.54) is 12.4 Å². The molecule has 5 nitrogen and oxygen atoms in total. The van der Waals surface area contributed by atoms with Crippen LogP contribution in [0.3, 0.4) is 0 Å². The molecule has 0 saturated heterocycles. The van der Waals surface area contributed by atoms with Gasteiger partial charge in [-0.25, -0.2) is 13.8 Å². The van der Waals surface area contributed by atoms with E-state index >= 15 is 0 Å². The molecule has 0 spiro atoms. The number of benzene rings is 1. The highest BCUT2D eigenvalue weighted by molar-refractivity contribution is 5.79. The SMILES string of the molecule is O=c1[nH]c(-c2cn[nH]c2)nc2cc(F)c(F)cc12. The predicted octanol–water partition coefficient (Wildman–Crippen LogP) is 1.59. The maximum Gasteiger partial charge on any atom is 0.259 e. The van der Waals surface area contributed by atoms with Gasteiger partial charge in [-0.05, 0) is 6.07 Å². The van der Waals surface area contributed by atoms with Gasteiger partial charge in [-0.3, -0.25) is 9.89 Å². The number of fused-ring (bicyclic) bond motifs is 1. The number of hydrogen-bond donors (Lipinski definition) is 2. The standard InChI is InChI=1S/C11H6F2N4O/c12-7-1-6-9(2-8(7)13)16-10(17-11(6)18)5-3-14-15-4-5/h1-4H,(H,14,15)(H,16,17,18). The number of H-pyrrole nitrogens is 2. The summed E-state index contributed by atoms with van der Waals surface area (Å²) in [5.74, 6) is -1.88. The molecule has 0 atom stereocenters. The van der Waals surface area contributed by atoms with Crippen molar-refractivity contribution < 1.29 is 8.78 Å². The molecule has 3 aromatic rings. The normalized spacial score (nSPS) is 11.0. The second-order valence-electron chi connectivity index (χ2n) is 3.68. The van der Waals surface area contributed by atoms with Gasteiger partial charge in [0.2, 0.25) is 0 Å². The summed E-state index contributed by atoms with van der Waals surface area (Å²) in [4.78, 5) is 18.3. The van der Waals surface area contributed by atoms with E-state index in [2.05, 4.69) is 20.2 Å². The fraction of sp³-hybridized carbons (Fsp3) is 0. The number of aromatic amines is 2. The lowest BCUT2D eigenvalue weighted by atomic mass is 10.2. The van der Waals surface area contributed by atoms with Gasteiger partial charge in [-0.2, -0.15) is 5.10 Å². The number of aromatic nitrogens is 4. The lowest BCUT2D eigenvalue weighted by Gasteiger charge is -2.01. The molecular formula is C11H6F2N4O. The highest BCUT2D eigenvalue weighted by Crippen LogP contribution is 2.17. The predicted molar refractivity (Wildman–Crippen MR) is 59.9 cm³/mol. The summed E-state index contributed by atoms with van der Waals surface area (Å²) in [6.45, 7) is 0. The first-order valence-corrected chi connectivity index (χ1v) is 5.03. The van der Waals surface area contributed by atoms with Crippen LogP contribution in [0.1, 0.15) is 0 Å². The van der Waals surface area contributed by atoms with Gasteiger partial charge in [-0.1, -0.05) is 0 Å². The van der Waals surface area contributed by atoms with Crippen molar-refractivity contribution in [2.45, 2.75) is 0 Å². The Kier molecular flexibility index (Phi) is 2.19. The lowest BCUT2D eigenvalue weighted by molar-refractivity contribution is 0.510. The molecule has 2 heterocycles. The number of nitrogens with zero attached hydrogens (tertiary/aromatic N) is 2. The van der Waals surface area contributed by atoms with Gasteiger partial charge in [-0.15, -0.1) is 0 Å². The fourth-order valence-electron chi connectivity index (χ4n) is 1.65. The Morgan fingerprint density at radius 3 is 2.67 bits per heavy atom. The molecule has 2 N–H and O–H groups in total. The number of rotatable bonds is 1. The van der Waals surface area contributed by atoms with Crippen LogP contribution in [-0.2, 0) is 0 Å². The summed E-state index contributed by atoms with van der Waals surface area (Å²) < 4.78 is 26.1. The van der Waals surface area contributed by atoms with Crippen LogP contribution >= 0.6 is 0 Å². The van der Waals surface area contributed by atoms with Gasteiger partial charge in [0.15, 0.2) is 11.6 Å². The van der Waals surface area contributed by atoms with E-state index in [-0.39, 0.29) is 16.7 Å². The lowest BCUT2D eigenvalue weighted by Crippen LogP contribution is -2.10. The molecule has 0 unspecified atom stereocenters. The summed E-state index contributed by atoms with van der Waals surface area (Å²) in [5.41, 5.74) is 0.114. The molecule has 90 valence electrons. The van der Waals surface area contributed by atoms with Crippen LogP contribution in [0.2, 0.25) is 0 Å². The van der Waals surface area contributed by atoms with Crippen LogP contribution in [0.15, 0.2) is 29.3 Å². The molecule has 3 rings (SSSR count). The smallest absolute Gasteiger partial charge is 0.259 e. The largest absolute Gasteiger partial charge is 0.306 e. The van der Waals surface area contributed by atoms with E-state index in [9.17, 15) is 13.6 Å². The molecule has 0 aliphatic heterocycles. The minimum atomic E-state index is -1.08. The zero-order valence-electron chi connectivity index (χ0n) is 8.87. The summed E-state index contributed by atoms with van der Waals surface area (Å²) in [7, 11) is 0. The van der Waals surface area contributed by atoms with Crippen LogP contribution in [0.25, 0.3) is 22.3 Å². The average Bonchev–Trinajstić information content (AvgIpc) is 2.85. The van der Waals surface area contributed by atoms with Crippen molar-refractivity contribution in [1.29, 1.82) is 0 Å². The summed E-state index contributed by atoms with van der Waals surface area (Å²) in [6, 6.07) is 1.72. The van der Waals surface area contributed by atoms with Crippen LogP contribution in [0, 0.1) is 11.6 Å². The van der Waals surface area contributed by atoms with E-state index in [1.54, 1.807) is 0 Å². The monoisotopic (exact) mass is 248 g/mol. The molecule has 2 aromatic heterocycles. The molecule has 18 heavy (non-hydrogen) atoms. The molecule has 0 aliphatic carbocycles. The second-order valence-corrected chi connectivity index (χ2v) is 3.68. The van der Waals surface area contributed by atoms with Gasteiger partial charge >= 0.3 is 0 Å². The van der Waals surface area contributed by atoms with Crippen LogP contribution in [0.5, 0.6) is 0 Å². The minimum Gasteiger partial charge on any atom is -0.306 e. The second kappa shape index (κ2) is 3.73. The average molecular weight is 248 g/mol.